The van der Waals surface area contributed by atoms with Crippen molar-refractivity contribution in [3.63, 3.8) is 0 Å². The lowest BCUT2D eigenvalue weighted by Crippen LogP contribution is -2.25. The molecule has 8 nitrogen and oxygen atoms in total. The van der Waals surface area contributed by atoms with Crippen LogP contribution in [0.5, 0.6) is 0 Å². The van der Waals surface area contributed by atoms with Crippen molar-refractivity contribution in [3.05, 3.63) is 10.8 Å². The minimum Gasteiger partial charge on any atom is -0.382 e. The van der Waals surface area contributed by atoms with E-state index in [2.05, 4.69) is 20.3 Å². The molecule has 0 spiro atoms. The number of halogens is 1. The van der Waals surface area contributed by atoms with Crippen LogP contribution in [0.3, 0.4) is 0 Å². The number of aromatic nitrogens is 2. The number of nitrogen functional groups attached to an aromatic ring is 1. The fourth-order valence-electron chi connectivity index (χ4n) is 2.11. The summed E-state index contributed by atoms with van der Waals surface area (Å²) in [5.74, 6) is -0.841. The number of hydrogen-bond acceptors (Lipinski definition) is 5. The van der Waals surface area contributed by atoms with E-state index in [-0.39, 0.29) is 22.6 Å². The fourth-order valence-corrected chi connectivity index (χ4v) is 2.29. The van der Waals surface area contributed by atoms with Gasteiger partial charge in [-0.25, -0.2) is 9.97 Å². The van der Waals surface area contributed by atoms with E-state index in [0.29, 0.717) is 11.9 Å². The normalized spacial score (nSPS) is 15.1. The molecule has 1 aromatic heterocycles. The third-order valence-electron chi connectivity index (χ3n) is 3.01. The van der Waals surface area contributed by atoms with Crippen molar-refractivity contribution >= 4 is 35.1 Å². The molecular weight excluding hydrogens is 282 g/mol. The van der Waals surface area contributed by atoms with Crippen molar-refractivity contribution in [2.75, 3.05) is 11.1 Å². The van der Waals surface area contributed by atoms with Crippen LogP contribution < -0.4 is 22.5 Å². The lowest BCUT2D eigenvalue weighted by atomic mass is 10.2. The summed E-state index contributed by atoms with van der Waals surface area (Å²) in [6, 6.07) is 0.306. The van der Waals surface area contributed by atoms with Crippen LogP contribution in [-0.4, -0.2) is 27.9 Å². The van der Waals surface area contributed by atoms with Crippen molar-refractivity contribution in [3.8, 4) is 0 Å². The van der Waals surface area contributed by atoms with Crippen LogP contribution in [-0.2, 0) is 0 Å². The van der Waals surface area contributed by atoms with Gasteiger partial charge in [-0.05, 0) is 12.8 Å². The van der Waals surface area contributed by atoms with Crippen LogP contribution in [0.15, 0.2) is 4.99 Å². The maximum atomic E-state index is 11.7. The largest absolute Gasteiger partial charge is 0.382 e. The van der Waals surface area contributed by atoms with Crippen LogP contribution in [0.1, 0.15) is 36.2 Å². The second-order valence-electron chi connectivity index (χ2n) is 4.56. The first-order valence-corrected chi connectivity index (χ1v) is 6.58. The number of amides is 1. The predicted octanol–water partition coefficient (Wildman–Crippen LogP) is 0.480. The van der Waals surface area contributed by atoms with Crippen LogP contribution >= 0.6 is 11.6 Å². The highest BCUT2D eigenvalue weighted by Gasteiger charge is 2.20. The molecule has 2 rings (SSSR count). The average Bonchev–Trinajstić information content (AvgIpc) is 2.85. The average molecular weight is 298 g/mol. The van der Waals surface area contributed by atoms with E-state index < -0.39 is 5.91 Å². The number of rotatable bonds is 3. The van der Waals surface area contributed by atoms with Gasteiger partial charge in [0.25, 0.3) is 0 Å². The SMILES string of the molecule is NC(N)=NC(=O)c1nc(Cl)c(NC2CCCC2)nc1N. The third-order valence-corrected chi connectivity index (χ3v) is 3.27. The summed E-state index contributed by atoms with van der Waals surface area (Å²) in [4.78, 5) is 23.0. The number of nitrogens with two attached hydrogens (primary N) is 3. The Bertz CT molecular complexity index is 550. The minimum atomic E-state index is -0.774. The van der Waals surface area contributed by atoms with Crippen LogP contribution in [0.25, 0.3) is 0 Å². The summed E-state index contributed by atoms with van der Waals surface area (Å²) in [6.45, 7) is 0. The molecule has 0 bridgehead atoms. The van der Waals surface area contributed by atoms with E-state index in [4.69, 9.17) is 28.8 Å². The van der Waals surface area contributed by atoms with Gasteiger partial charge in [-0.1, -0.05) is 24.4 Å². The van der Waals surface area contributed by atoms with Gasteiger partial charge < -0.3 is 22.5 Å². The molecule has 1 saturated carbocycles. The van der Waals surface area contributed by atoms with E-state index in [9.17, 15) is 4.79 Å². The summed E-state index contributed by atoms with van der Waals surface area (Å²) >= 11 is 6.01. The smallest absolute Gasteiger partial charge is 0.302 e. The van der Waals surface area contributed by atoms with Gasteiger partial charge in [0.15, 0.2) is 28.4 Å². The molecule has 0 aliphatic heterocycles. The lowest BCUT2D eigenvalue weighted by Gasteiger charge is -2.14. The maximum absolute atomic E-state index is 11.7. The van der Waals surface area contributed by atoms with Gasteiger partial charge in [0, 0.05) is 6.04 Å². The van der Waals surface area contributed by atoms with Gasteiger partial charge in [-0.2, -0.15) is 4.99 Å². The number of aliphatic imine (C=N–C) groups is 1. The summed E-state index contributed by atoms with van der Waals surface area (Å²) < 4.78 is 0. The first-order chi connectivity index (χ1) is 9.47. The zero-order valence-electron chi connectivity index (χ0n) is 10.8. The lowest BCUT2D eigenvalue weighted by molar-refractivity contribution is 0.0998. The Hall–Kier alpha value is -2.09. The third kappa shape index (κ3) is 3.27. The number of carbonyl (C=O) groups excluding carboxylic acids is 1. The van der Waals surface area contributed by atoms with E-state index in [1.165, 1.54) is 12.8 Å². The molecule has 1 aliphatic rings. The van der Waals surface area contributed by atoms with E-state index in [1.807, 2.05) is 0 Å². The molecule has 0 aromatic carbocycles. The van der Waals surface area contributed by atoms with E-state index >= 15 is 0 Å². The molecule has 0 radical (unpaired) electrons. The van der Waals surface area contributed by atoms with Gasteiger partial charge in [0.2, 0.25) is 0 Å². The van der Waals surface area contributed by atoms with Gasteiger partial charge >= 0.3 is 5.91 Å². The highest BCUT2D eigenvalue weighted by atomic mass is 35.5. The Morgan fingerprint density at radius 2 is 1.95 bits per heavy atom. The number of anilines is 2. The van der Waals surface area contributed by atoms with Gasteiger partial charge in [0.05, 0.1) is 0 Å². The number of guanidine groups is 1. The first kappa shape index (κ1) is 14.3. The van der Waals surface area contributed by atoms with Crippen molar-refractivity contribution in [2.24, 2.45) is 16.5 Å². The predicted molar refractivity (Wildman–Crippen MR) is 77.5 cm³/mol. The number of carbonyl (C=O) groups is 1. The minimum absolute atomic E-state index is 0.0649. The fraction of sp³-hybridized carbons (Fsp3) is 0.455. The van der Waals surface area contributed by atoms with Crippen LogP contribution in [0.2, 0.25) is 5.15 Å². The summed E-state index contributed by atoms with van der Waals surface area (Å²) in [7, 11) is 0. The molecule has 0 saturated heterocycles. The molecule has 108 valence electrons. The quantitative estimate of drug-likeness (QED) is 0.469. The standard InChI is InChI=1S/C11H16ClN7O/c12-7-9(16-5-3-1-2-4-5)18-8(13)6(17-7)10(20)19-11(14)15/h5H,1-4H2,(H3,13,16,18)(H4,14,15,19,20). The second-order valence-corrected chi connectivity index (χ2v) is 4.92. The van der Waals surface area contributed by atoms with Crippen molar-refractivity contribution in [1.82, 2.24) is 9.97 Å². The number of hydrogen-bond donors (Lipinski definition) is 4. The Labute approximate surface area is 120 Å². The molecule has 1 amide bonds. The van der Waals surface area contributed by atoms with Gasteiger partial charge in [-0.3, -0.25) is 4.79 Å². The Morgan fingerprint density at radius 1 is 1.30 bits per heavy atom. The highest BCUT2D eigenvalue weighted by molar-refractivity contribution is 6.32. The summed E-state index contributed by atoms with van der Waals surface area (Å²) in [5.41, 5.74) is 15.8. The molecule has 9 heteroatoms. The van der Waals surface area contributed by atoms with Crippen LogP contribution in [0.4, 0.5) is 11.6 Å². The zero-order chi connectivity index (χ0) is 14.7. The molecule has 0 unspecified atom stereocenters. The van der Waals surface area contributed by atoms with Crippen LogP contribution in [0, 0.1) is 0 Å². The second kappa shape index (κ2) is 5.91. The van der Waals surface area contributed by atoms with E-state index in [1.54, 1.807) is 0 Å². The number of nitrogens with zero attached hydrogens (tertiary/aromatic N) is 3. The van der Waals surface area contributed by atoms with Gasteiger partial charge in [0.1, 0.15) is 0 Å². The van der Waals surface area contributed by atoms with Crippen molar-refractivity contribution < 1.29 is 4.79 Å². The Morgan fingerprint density at radius 3 is 2.55 bits per heavy atom. The number of nitrogens with one attached hydrogen (secondary N) is 1. The summed E-state index contributed by atoms with van der Waals surface area (Å²) in [6.07, 6.45) is 4.43. The molecular formula is C11H16ClN7O. The summed E-state index contributed by atoms with van der Waals surface area (Å²) in [5, 5.41) is 3.24. The molecule has 1 aliphatic carbocycles. The Balaban J connectivity index is 2.23. The van der Waals surface area contributed by atoms with E-state index in [0.717, 1.165) is 12.8 Å². The van der Waals surface area contributed by atoms with Crippen molar-refractivity contribution in [1.29, 1.82) is 0 Å². The molecule has 1 heterocycles. The molecule has 0 atom stereocenters. The molecule has 1 aromatic rings. The first-order valence-electron chi connectivity index (χ1n) is 6.21. The molecule has 7 N–H and O–H groups in total. The topological polar surface area (TPSA) is 145 Å². The van der Waals surface area contributed by atoms with Crippen molar-refractivity contribution in [2.45, 2.75) is 31.7 Å². The zero-order valence-corrected chi connectivity index (χ0v) is 11.5. The maximum Gasteiger partial charge on any atom is 0.302 e. The monoisotopic (exact) mass is 297 g/mol. The Kier molecular flexibility index (Phi) is 4.23. The highest BCUT2D eigenvalue weighted by Crippen LogP contribution is 2.26. The molecule has 20 heavy (non-hydrogen) atoms. The van der Waals surface area contributed by atoms with Gasteiger partial charge in [-0.15, -0.1) is 0 Å². The molecule has 1 fully saturated rings.